The standard InChI is InChI=1S/C23H26ClN4OP/c1-30(2,29)21-11-7-6-10-20(21)27-22-19(24)15-25-23(28-22)26-18-13-12-16-8-4-3-5-9-17(16)14-18/h6-7,10-15H,3-5,8-9H2,1-2H3,(H2,25,26,27,28). The molecule has 156 valence electrons. The molecule has 5 nitrogen and oxygen atoms in total. The van der Waals surface area contributed by atoms with E-state index in [-0.39, 0.29) is 0 Å². The van der Waals surface area contributed by atoms with Gasteiger partial charge in [0.1, 0.15) is 12.2 Å². The molecule has 1 aliphatic carbocycles. The average Bonchev–Trinajstić information content (AvgIpc) is 2.95. The highest BCUT2D eigenvalue weighted by molar-refractivity contribution is 7.70. The molecule has 2 aromatic carbocycles. The number of hydrogen-bond donors (Lipinski definition) is 2. The molecule has 3 aromatic rings. The summed E-state index contributed by atoms with van der Waals surface area (Å²) in [5.41, 5.74) is 4.55. The van der Waals surface area contributed by atoms with E-state index in [1.165, 1.54) is 30.4 Å². The number of aryl methyl sites for hydroxylation is 2. The van der Waals surface area contributed by atoms with Crippen LogP contribution in [-0.4, -0.2) is 23.3 Å². The van der Waals surface area contributed by atoms with Gasteiger partial charge in [-0.15, -0.1) is 0 Å². The number of halogens is 1. The van der Waals surface area contributed by atoms with Crippen LogP contribution in [0.25, 0.3) is 0 Å². The predicted octanol–water partition coefficient (Wildman–Crippen LogP) is 6.13. The Morgan fingerprint density at radius 2 is 1.73 bits per heavy atom. The van der Waals surface area contributed by atoms with Gasteiger partial charge in [-0.25, -0.2) is 4.98 Å². The van der Waals surface area contributed by atoms with E-state index in [1.807, 2.05) is 24.3 Å². The van der Waals surface area contributed by atoms with Gasteiger partial charge in [-0.05, 0) is 74.4 Å². The van der Waals surface area contributed by atoms with Crippen molar-refractivity contribution in [3.63, 3.8) is 0 Å². The van der Waals surface area contributed by atoms with Crippen molar-refractivity contribution in [1.82, 2.24) is 9.97 Å². The van der Waals surface area contributed by atoms with Crippen LogP contribution in [-0.2, 0) is 17.4 Å². The van der Waals surface area contributed by atoms with Gasteiger partial charge in [0.05, 0.1) is 11.9 Å². The lowest BCUT2D eigenvalue weighted by atomic mass is 10.0. The molecule has 1 aromatic heterocycles. The molecule has 0 unspecified atom stereocenters. The molecule has 0 fully saturated rings. The quantitative estimate of drug-likeness (QED) is 0.368. The zero-order valence-corrected chi connectivity index (χ0v) is 18.9. The van der Waals surface area contributed by atoms with E-state index in [0.717, 1.165) is 29.5 Å². The Hall–Kier alpha value is -2.36. The fourth-order valence-corrected chi connectivity index (χ4v) is 5.10. The molecule has 4 rings (SSSR count). The minimum absolute atomic E-state index is 0.402. The molecule has 0 amide bonds. The number of rotatable bonds is 5. The summed E-state index contributed by atoms with van der Waals surface area (Å²) in [7, 11) is -2.45. The number of nitrogens with one attached hydrogen (secondary N) is 2. The highest BCUT2D eigenvalue weighted by atomic mass is 35.5. The summed E-state index contributed by atoms with van der Waals surface area (Å²) in [6.07, 6.45) is 7.63. The summed E-state index contributed by atoms with van der Waals surface area (Å²) in [6.45, 7) is 3.50. The Balaban J connectivity index is 1.59. The molecule has 30 heavy (non-hydrogen) atoms. The summed E-state index contributed by atoms with van der Waals surface area (Å²) < 4.78 is 12.6. The van der Waals surface area contributed by atoms with E-state index in [0.29, 0.717) is 16.8 Å². The molecule has 0 saturated heterocycles. The highest BCUT2D eigenvalue weighted by Crippen LogP contribution is 2.38. The minimum atomic E-state index is -2.45. The van der Waals surface area contributed by atoms with Gasteiger partial charge in [-0.2, -0.15) is 4.98 Å². The average molecular weight is 441 g/mol. The Morgan fingerprint density at radius 1 is 0.967 bits per heavy atom. The summed E-state index contributed by atoms with van der Waals surface area (Å²) >= 11 is 6.34. The van der Waals surface area contributed by atoms with Crippen LogP contribution in [0.1, 0.15) is 30.4 Å². The topological polar surface area (TPSA) is 66.9 Å². The van der Waals surface area contributed by atoms with E-state index in [1.54, 1.807) is 19.5 Å². The van der Waals surface area contributed by atoms with Crippen molar-refractivity contribution in [1.29, 1.82) is 0 Å². The molecule has 0 spiro atoms. The molecular weight excluding hydrogens is 415 g/mol. The van der Waals surface area contributed by atoms with Gasteiger partial charge in [0.15, 0.2) is 5.82 Å². The summed E-state index contributed by atoms with van der Waals surface area (Å²) in [5.74, 6) is 0.939. The van der Waals surface area contributed by atoms with E-state index in [4.69, 9.17) is 11.6 Å². The van der Waals surface area contributed by atoms with Crippen molar-refractivity contribution in [3.8, 4) is 0 Å². The third kappa shape index (κ3) is 4.85. The maximum absolute atomic E-state index is 12.6. The molecule has 0 bridgehead atoms. The van der Waals surface area contributed by atoms with Gasteiger partial charge in [0, 0.05) is 11.0 Å². The zero-order chi connectivity index (χ0) is 21.1. The first-order chi connectivity index (χ1) is 14.4. The van der Waals surface area contributed by atoms with Crippen molar-refractivity contribution >= 4 is 47.2 Å². The number of aromatic nitrogens is 2. The summed E-state index contributed by atoms with van der Waals surface area (Å²) in [4.78, 5) is 8.89. The summed E-state index contributed by atoms with van der Waals surface area (Å²) in [5, 5.41) is 7.70. The smallest absolute Gasteiger partial charge is 0.229 e. The minimum Gasteiger partial charge on any atom is -0.338 e. The lowest BCUT2D eigenvalue weighted by molar-refractivity contribution is 0.588. The second kappa shape index (κ2) is 8.79. The van der Waals surface area contributed by atoms with Crippen molar-refractivity contribution in [3.05, 3.63) is 64.8 Å². The molecule has 7 heteroatoms. The van der Waals surface area contributed by atoms with Crippen molar-refractivity contribution in [2.75, 3.05) is 24.0 Å². The number of nitrogens with zero attached hydrogens (tertiary/aromatic N) is 2. The Morgan fingerprint density at radius 3 is 2.53 bits per heavy atom. The number of hydrogen-bond acceptors (Lipinski definition) is 5. The lowest BCUT2D eigenvalue weighted by Gasteiger charge is -2.16. The maximum Gasteiger partial charge on any atom is 0.229 e. The summed E-state index contributed by atoms with van der Waals surface area (Å²) in [6, 6.07) is 14.0. The van der Waals surface area contributed by atoms with Gasteiger partial charge >= 0.3 is 0 Å². The lowest BCUT2D eigenvalue weighted by Crippen LogP contribution is -2.11. The van der Waals surface area contributed by atoms with Gasteiger partial charge in [-0.3, -0.25) is 0 Å². The van der Waals surface area contributed by atoms with Crippen LogP contribution in [0, 0.1) is 0 Å². The normalized spacial score (nSPS) is 14.0. The fraction of sp³-hybridized carbons (Fsp3) is 0.304. The predicted molar refractivity (Wildman–Crippen MR) is 127 cm³/mol. The van der Waals surface area contributed by atoms with Crippen molar-refractivity contribution in [2.24, 2.45) is 0 Å². The zero-order valence-electron chi connectivity index (χ0n) is 17.3. The van der Waals surface area contributed by atoms with Crippen LogP contribution in [0.2, 0.25) is 5.02 Å². The van der Waals surface area contributed by atoms with E-state index >= 15 is 0 Å². The van der Waals surface area contributed by atoms with Gasteiger partial charge in [-0.1, -0.05) is 36.2 Å². The largest absolute Gasteiger partial charge is 0.338 e. The first-order valence-electron chi connectivity index (χ1n) is 10.2. The molecular formula is C23H26ClN4OP. The second-order valence-corrected chi connectivity index (χ2v) is 11.6. The number of para-hydroxylation sites is 1. The Bertz CT molecular complexity index is 1110. The molecule has 0 aliphatic heterocycles. The van der Waals surface area contributed by atoms with Gasteiger partial charge in [0.25, 0.3) is 0 Å². The second-order valence-electron chi connectivity index (χ2n) is 8.05. The third-order valence-electron chi connectivity index (χ3n) is 5.34. The monoisotopic (exact) mass is 440 g/mol. The fourth-order valence-electron chi connectivity index (χ4n) is 3.81. The first kappa shape index (κ1) is 20.9. The van der Waals surface area contributed by atoms with Crippen LogP contribution < -0.4 is 15.9 Å². The Labute approximate surface area is 182 Å². The van der Waals surface area contributed by atoms with Crippen LogP contribution in [0.3, 0.4) is 0 Å². The van der Waals surface area contributed by atoms with Gasteiger partial charge in [0.2, 0.25) is 5.95 Å². The Kier molecular flexibility index (Phi) is 6.12. The first-order valence-corrected chi connectivity index (χ1v) is 13.2. The highest BCUT2D eigenvalue weighted by Gasteiger charge is 2.17. The maximum atomic E-state index is 12.6. The number of fused-ring (bicyclic) bond motifs is 1. The number of benzene rings is 2. The van der Waals surface area contributed by atoms with Crippen LogP contribution in [0.15, 0.2) is 48.7 Å². The third-order valence-corrected chi connectivity index (χ3v) is 7.16. The molecule has 1 aliphatic rings. The molecule has 0 atom stereocenters. The van der Waals surface area contributed by atoms with Crippen LogP contribution in [0.5, 0.6) is 0 Å². The van der Waals surface area contributed by atoms with Crippen LogP contribution >= 0.6 is 18.7 Å². The molecule has 1 heterocycles. The van der Waals surface area contributed by atoms with E-state index < -0.39 is 7.14 Å². The van der Waals surface area contributed by atoms with E-state index in [2.05, 4.69) is 38.8 Å². The van der Waals surface area contributed by atoms with Crippen molar-refractivity contribution in [2.45, 2.75) is 32.1 Å². The molecule has 0 saturated carbocycles. The van der Waals surface area contributed by atoms with Crippen molar-refractivity contribution < 1.29 is 4.57 Å². The van der Waals surface area contributed by atoms with Crippen LogP contribution in [0.4, 0.5) is 23.1 Å². The SMILES string of the molecule is CP(C)(=O)c1ccccc1Nc1nc(Nc2ccc3c(c2)CCCCC3)ncc1Cl. The molecule has 0 radical (unpaired) electrons. The van der Waals surface area contributed by atoms with E-state index in [9.17, 15) is 4.57 Å². The van der Waals surface area contributed by atoms with Gasteiger partial charge < -0.3 is 15.2 Å². The number of anilines is 4. The molecule has 2 N–H and O–H groups in total.